The second kappa shape index (κ2) is 6.07. The Balaban J connectivity index is 2.28. The summed E-state index contributed by atoms with van der Waals surface area (Å²) in [6.07, 6.45) is 1.07. The van der Waals surface area contributed by atoms with Gasteiger partial charge in [-0.25, -0.2) is 13.8 Å². The zero-order valence-electron chi connectivity index (χ0n) is 10.8. The fraction of sp³-hybridized carbons (Fsp3) is 0.167. The molecule has 2 rings (SSSR count). The van der Waals surface area contributed by atoms with Gasteiger partial charge in [-0.15, -0.1) is 0 Å². The van der Waals surface area contributed by atoms with Crippen molar-refractivity contribution in [1.29, 1.82) is 0 Å². The zero-order chi connectivity index (χ0) is 15.4. The van der Waals surface area contributed by atoms with Gasteiger partial charge in [-0.1, -0.05) is 0 Å². The van der Waals surface area contributed by atoms with Gasteiger partial charge in [0.15, 0.2) is 0 Å². The summed E-state index contributed by atoms with van der Waals surface area (Å²) in [6.45, 7) is -0.176. The van der Waals surface area contributed by atoms with Crippen LogP contribution in [0.4, 0.5) is 20.3 Å². The summed E-state index contributed by atoms with van der Waals surface area (Å²) in [5, 5.41) is 13.6. The number of methoxy groups -OCH3 is 1. The van der Waals surface area contributed by atoms with Crippen molar-refractivity contribution >= 4 is 11.5 Å². The Bertz CT molecular complexity index is 682. The maximum atomic E-state index is 13.5. The summed E-state index contributed by atoms with van der Waals surface area (Å²) < 4.78 is 31.3. The first kappa shape index (κ1) is 14.6. The highest BCUT2D eigenvalue weighted by Gasteiger charge is 2.23. The van der Waals surface area contributed by atoms with Crippen molar-refractivity contribution in [2.75, 3.05) is 12.4 Å². The average molecular weight is 296 g/mol. The number of nitro groups is 1. The summed E-state index contributed by atoms with van der Waals surface area (Å²) in [4.78, 5) is 17.6. The molecular formula is C12H10F2N4O3. The molecule has 0 saturated heterocycles. The highest BCUT2D eigenvalue weighted by atomic mass is 19.1. The smallest absolute Gasteiger partial charge is 0.372 e. The Hall–Kier alpha value is -2.84. The van der Waals surface area contributed by atoms with Gasteiger partial charge in [0.1, 0.15) is 18.0 Å². The van der Waals surface area contributed by atoms with Gasteiger partial charge in [0.2, 0.25) is 5.82 Å². The minimum absolute atomic E-state index is 0.0156. The molecule has 110 valence electrons. The van der Waals surface area contributed by atoms with Crippen LogP contribution in [0.3, 0.4) is 0 Å². The fourth-order valence-corrected chi connectivity index (χ4v) is 1.66. The minimum atomic E-state index is -0.719. The third-order valence-corrected chi connectivity index (χ3v) is 2.62. The molecular weight excluding hydrogens is 286 g/mol. The third kappa shape index (κ3) is 3.19. The lowest BCUT2D eigenvalue weighted by atomic mass is 10.2. The number of hydrogen-bond acceptors (Lipinski definition) is 6. The number of aromatic nitrogens is 2. The topological polar surface area (TPSA) is 90.2 Å². The molecule has 1 aromatic heterocycles. The maximum absolute atomic E-state index is 13.5. The molecule has 0 atom stereocenters. The first-order chi connectivity index (χ1) is 10.0. The SMILES string of the molecule is COc1ncnc(NCc2cc(F)ccc2F)c1[N+](=O)[O-]. The van der Waals surface area contributed by atoms with Crippen molar-refractivity contribution in [3.05, 3.63) is 51.8 Å². The van der Waals surface area contributed by atoms with Gasteiger partial charge in [-0.3, -0.25) is 10.1 Å². The van der Waals surface area contributed by atoms with Gasteiger partial charge in [-0.2, -0.15) is 4.98 Å². The molecule has 1 heterocycles. The van der Waals surface area contributed by atoms with Gasteiger partial charge in [0, 0.05) is 12.1 Å². The number of nitrogens with one attached hydrogen (secondary N) is 1. The molecule has 0 unspecified atom stereocenters. The zero-order valence-corrected chi connectivity index (χ0v) is 10.8. The van der Waals surface area contributed by atoms with Crippen LogP contribution in [0.15, 0.2) is 24.5 Å². The van der Waals surface area contributed by atoms with Crippen LogP contribution in [-0.2, 0) is 6.54 Å². The summed E-state index contributed by atoms with van der Waals surface area (Å²) in [7, 11) is 1.23. The van der Waals surface area contributed by atoms with Crippen molar-refractivity contribution in [2.24, 2.45) is 0 Å². The van der Waals surface area contributed by atoms with E-state index in [1.54, 1.807) is 0 Å². The number of halogens is 2. The first-order valence-electron chi connectivity index (χ1n) is 5.74. The quantitative estimate of drug-likeness (QED) is 0.672. The van der Waals surface area contributed by atoms with Crippen molar-refractivity contribution in [2.45, 2.75) is 6.54 Å². The van der Waals surface area contributed by atoms with Gasteiger partial charge in [-0.05, 0) is 18.2 Å². The molecule has 9 heteroatoms. The van der Waals surface area contributed by atoms with E-state index in [1.165, 1.54) is 7.11 Å². The van der Waals surface area contributed by atoms with Crippen LogP contribution in [0.5, 0.6) is 5.88 Å². The Kier molecular flexibility index (Phi) is 4.21. The fourth-order valence-electron chi connectivity index (χ4n) is 1.66. The predicted molar refractivity (Wildman–Crippen MR) is 68.9 cm³/mol. The van der Waals surface area contributed by atoms with E-state index in [4.69, 9.17) is 4.74 Å². The number of anilines is 1. The van der Waals surface area contributed by atoms with E-state index in [2.05, 4.69) is 15.3 Å². The van der Waals surface area contributed by atoms with Crippen LogP contribution in [0.25, 0.3) is 0 Å². The molecule has 1 N–H and O–H groups in total. The number of nitrogens with zero attached hydrogens (tertiary/aromatic N) is 3. The largest absolute Gasteiger partial charge is 0.476 e. The van der Waals surface area contributed by atoms with Crippen molar-refractivity contribution < 1.29 is 18.4 Å². The van der Waals surface area contributed by atoms with E-state index < -0.39 is 22.2 Å². The normalized spacial score (nSPS) is 10.2. The van der Waals surface area contributed by atoms with E-state index >= 15 is 0 Å². The highest BCUT2D eigenvalue weighted by Crippen LogP contribution is 2.30. The first-order valence-corrected chi connectivity index (χ1v) is 5.74. The number of ether oxygens (including phenoxy) is 1. The molecule has 0 saturated carbocycles. The molecule has 0 spiro atoms. The molecule has 0 aliphatic rings. The third-order valence-electron chi connectivity index (χ3n) is 2.62. The van der Waals surface area contributed by atoms with Crippen molar-refractivity contribution in [3.63, 3.8) is 0 Å². The van der Waals surface area contributed by atoms with Gasteiger partial charge in [0.25, 0.3) is 5.88 Å². The Morgan fingerprint density at radius 1 is 1.38 bits per heavy atom. The number of benzene rings is 1. The van der Waals surface area contributed by atoms with Crippen LogP contribution >= 0.6 is 0 Å². The lowest BCUT2D eigenvalue weighted by Crippen LogP contribution is -2.08. The monoisotopic (exact) mass is 296 g/mol. The Morgan fingerprint density at radius 2 is 2.14 bits per heavy atom. The van der Waals surface area contributed by atoms with Crippen LogP contribution in [0, 0.1) is 21.7 Å². The van der Waals surface area contributed by atoms with Crippen LogP contribution in [0.2, 0.25) is 0 Å². The summed E-state index contributed by atoms with van der Waals surface area (Å²) in [6, 6.07) is 2.95. The second-order valence-electron chi connectivity index (χ2n) is 3.93. The van der Waals surface area contributed by atoms with E-state index in [-0.39, 0.29) is 23.8 Å². The molecule has 1 aromatic carbocycles. The molecule has 0 aliphatic heterocycles. The van der Waals surface area contributed by atoms with Crippen LogP contribution < -0.4 is 10.1 Å². The second-order valence-corrected chi connectivity index (χ2v) is 3.93. The number of rotatable bonds is 5. The number of hydrogen-bond donors (Lipinski definition) is 1. The van der Waals surface area contributed by atoms with Crippen molar-refractivity contribution in [1.82, 2.24) is 9.97 Å². The molecule has 2 aromatic rings. The van der Waals surface area contributed by atoms with Crippen molar-refractivity contribution in [3.8, 4) is 5.88 Å². The van der Waals surface area contributed by atoms with Gasteiger partial charge < -0.3 is 10.1 Å². The van der Waals surface area contributed by atoms with Gasteiger partial charge >= 0.3 is 5.69 Å². The summed E-state index contributed by atoms with van der Waals surface area (Å²) >= 11 is 0. The van der Waals surface area contributed by atoms with E-state index in [0.717, 1.165) is 24.5 Å². The Morgan fingerprint density at radius 3 is 2.81 bits per heavy atom. The maximum Gasteiger partial charge on any atom is 0.372 e. The standard InChI is InChI=1S/C12H10F2N4O3/c1-21-12-10(18(19)20)11(16-6-17-12)15-5-7-4-8(13)2-3-9(7)14/h2-4,6H,5H2,1H3,(H,15,16,17). The molecule has 0 aliphatic carbocycles. The molecule has 7 nitrogen and oxygen atoms in total. The minimum Gasteiger partial charge on any atom is -0.476 e. The predicted octanol–water partition coefficient (Wildman–Crippen LogP) is 2.28. The molecule has 21 heavy (non-hydrogen) atoms. The molecule has 0 fully saturated rings. The summed E-state index contributed by atoms with van der Waals surface area (Å²) in [5.41, 5.74) is -0.460. The average Bonchev–Trinajstić information content (AvgIpc) is 2.47. The van der Waals surface area contributed by atoms with Gasteiger partial charge in [0.05, 0.1) is 12.0 Å². The molecule has 0 bridgehead atoms. The summed E-state index contributed by atoms with van der Waals surface area (Å²) in [5.74, 6) is -1.61. The molecule has 0 amide bonds. The highest BCUT2D eigenvalue weighted by molar-refractivity contribution is 5.61. The molecule has 0 radical (unpaired) electrons. The Labute approximate surface area is 117 Å². The lowest BCUT2D eigenvalue weighted by Gasteiger charge is -2.08. The van der Waals surface area contributed by atoms with Crippen LogP contribution in [-0.4, -0.2) is 22.0 Å². The van der Waals surface area contributed by atoms with E-state index in [0.29, 0.717) is 0 Å². The van der Waals surface area contributed by atoms with E-state index in [9.17, 15) is 18.9 Å². The van der Waals surface area contributed by atoms with Crippen LogP contribution in [0.1, 0.15) is 5.56 Å². The lowest BCUT2D eigenvalue weighted by molar-refractivity contribution is -0.385. The van der Waals surface area contributed by atoms with E-state index in [1.807, 2.05) is 0 Å².